The van der Waals surface area contributed by atoms with E-state index in [1.807, 2.05) is 20.0 Å². The van der Waals surface area contributed by atoms with E-state index in [-0.39, 0.29) is 17.9 Å². The Morgan fingerprint density at radius 3 is 2.42 bits per heavy atom. The molecule has 0 spiro atoms. The Kier molecular flexibility index (Phi) is 4.44. The van der Waals surface area contributed by atoms with Crippen LogP contribution in [0.2, 0.25) is 0 Å². The van der Waals surface area contributed by atoms with Gasteiger partial charge < -0.3 is 4.42 Å². The molecule has 0 radical (unpaired) electrons. The molecule has 0 saturated carbocycles. The number of aryl methyl sites for hydroxylation is 1. The summed E-state index contributed by atoms with van der Waals surface area (Å²) in [6.07, 6.45) is 1.82. The Bertz CT molecular complexity index is 824. The Balaban J connectivity index is 1.78. The van der Waals surface area contributed by atoms with E-state index >= 15 is 0 Å². The number of rotatable bonds is 5. The fraction of sp³-hybridized carbons (Fsp3) is 0.353. The molecule has 3 rings (SSSR count). The molecule has 1 N–H and O–H groups in total. The molecule has 0 aliphatic carbocycles. The Hall–Kier alpha value is -2.54. The first-order chi connectivity index (χ1) is 11.5. The molecule has 0 amide bonds. The van der Waals surface area contributed by atoms with Crippen LogP contribution in [0.1, 0.15) is 49.0 Å². The number of benzene rings is 1. The quantitative estimate of drug-likeness (QED) is 0.777. The number of nitrogens with zero attached hydrogens (tertiary/aromatic N) is 4. The first-order valence-corrected chi connectivity index (χ1v) is 7.82. The van der Waals surface area contributed by atoms with Gasteiger partial charge in [-0.15, -0.1) is 10.2 Å². The molecule has 2 heterocycles. The van der Waals surface area contributed by atoms with Gasteiger partial charge in [0.1, 0.15) is 5.82 Å². The van der Waals surface area contributed by atoms with E-state index in [0.717, 1.165) is 16.9 Å². The van der Waals surface area contributed by atoms with Crippen molar-refractivity contribution in [2.45, 2.75) is 39.8 Å². The van der Waals surface area contributed by atoms with Gasteiger partial charge in [0, 0.05) is 24.2 Å². The Morgan fingerprint density at radius 1 is 1.08 bits per heavy atom. The normalized spacial score (nSPS) is 13.9. The summed E-state index contributed by atoms with van der Waals surface area (Å²) in [4.78, 5) is 0. The molecule has 0 saturated heterocycles. The highest BCUT2D eigenvalue weighted by Gasteiger charge is 2.19. The van der Waals surface area contributed by atoms with Crippen LogP contribution >= 0.6 is 0 Å². The van der Waals surface area contributed by atoms with Crippen molar-refractivity contribution in [3.63, 3.8) is 0 Å². The molecular weight excluding hydrogens is 309 g/mol. The monoisotopic (exact) mass is 329 g/mol. The van der Waals surface area contributed by atoms with Gasteiger partial charge in [-0.25, -0.2) is 9.07 Å². The highest BCUT2D eigenvalue weighted by molar-refractivity contribution is 5.35. The predicted molar refractivity (Wildman–Crippen MR) is 87.3 cm³/mol. The molecular formula is C17H20FN5O. The van der Waals surface area contributed by atoms with Crippen LogP contribution in [-0.2, 0) is 0 Å². The largest absolute Gasteiger partial charge is 0.424 e. The van der Waals surface area contributed by atoms with Crippen LogP contribution in [-0.4, -0.2) is 20.0 Å². The maximum absolute atomic E-state index is 13.1. The lowest BCUT2D eigenvalue weighted by atomic mass is 10.1. The van der Waals surface area contributed by atoms with Crippen molar-refractivity contribution in [1.29, 1.82) is 0 Å². The Labute approximate surface area is 139 Å². The van der Waals surface area contributed by atoms with Gasteiger partial charge in [0.25, 0.3) is 0 Å². The maximum Gasteiger partial charge on any atom is 0.233 e. The molecule has 3 aromatic rings. The fourth-order valence-electron chi connectivity index (χ4n) is 2.71. The second-order valence-electron chi connectivity index (χ2n) is 5.84. The van der Waals surface area contributed by atoms with E-state index in [0.29, 0.717) is 11.8 Å². The average molecular weight is 329 g/mol. The minimum absolute atomic E-state index is 0.0430. The van der Waals surface area contributed by atoms with E-state index in [2.05, 4.69) is 27.5 Å². The summed E-state index contributed by atoms with van der Waals surface area (Å²) in [7, 11) is 0. The molecule has 7 heteroatoms. The summed E-state index contributed by atoms with van der Waals surface area (Å²) in [5.41, 5.74) is 2.88. The Morgan fingerprint density at radius 2 is 1.79 bits per heavy atom. The second kappa shape index (κ2) is 6.52. The topological polar surface area (TPSA) is 68.8 Å². The number of hydrogen-bond acceptors (Lipinski definition) is 5. The van der Waals surface area contributed by atoms with E-state index in [1.54, 1.807) is 23.7 Å². The van der Waals surface area contributed by atoms with Crippen LogP contribution < -0.4 is 5.32 Å². The van der Waals surface area contributed by atoms with E-state index in [4.69, 9.17) is 4.42 Å². The third kappa shape index (κ3) is 3.21. The lowest BCUT2D eigenvalue weighted by molar-refractivity contribution is 0.379. The number of aromatic nitrogens is 4. The zero-order valence-corrected chi connectivity index (χ0v) is 14.1. The van der Waals surface area contributed by atoms with Crippen molar-refractivity contribution < 1.29 is 8.81 Å². The third-order valence-corrected chi connectivity index (χ3v) is 4.00. The van der Waals surface area contributed by atoms with Gasteiger partial charge in [-0.3, -0.25) is 5.32 Å². The van der Waals surface area contributed by atoms with Crippen LogP contribution in [0.15, 0.2) is 34.9 Å². The van der Waals surface area contributed by atoms with Crippen LogP contribution in [0, 0.1) is 19.7 Å². The van der Waals surface area contributed by atoms with Crippen molar-refractivity contribution >= 4 is 0 Å². The van der Waals surface area contributed by atoms with Gasteiger partial charge >= 0.3 is 0 Å². The minimum Gasteiger partial charge on any atom is -0.424 e. The molecule has 2 atom stereocenters. The van der Waals surface area contributed by atoms with Crippen molar-refractivity contribution in [2.24, 2.45) is 0 Å². The third-order valence-electron chi connectivity index (χ3n) is 4.00. The van der Waals surface area contributed by atoms with Crippen LogP contribution in [0.4, 0.5) is 4.39 Å². The summed E-state index contributed by atoms with van der Waals surface area (Å²) >= 11 is 0. The second-order valence-corrected chi connectivity index (χ2v) is 5.84. The molecule has 1 aromatic carbocycles. The van der Waals surface area contributed by atoms with Crippen molar-refractivity contribution in [3.05, 3.63) is 59.3 Å². The fourth-order valence-corrected chi connectivity index (χ4v) is 2.71. The van der Waals surface area contributed by atoms with E-state index < -0.39 is 0 Å². The molecule has 0 fully saturated rings. The highest BCUT2D eigenvalue weighted by Crippen LogP contribution is 2.23. The summed E-state index contributed by atoms with van der Waals surface area (Å²) in [6, 6.07) is 6.24. The molecule has 0 unspecified atom stereocenters. The van der Waals surface area contributed by atoms with Crippen LogP contribution in [0.25, 0.3) is 5.69 Å². The number of halogens is 1. The summed E-state index contributed by atoms with van der Waals surface area (Å²) < 4.78 is 20.3. The molecule has 126 valence electrons. The van der Waals surface area contributed by atoms with Crippen LogP contribution in [0.5, 0.6) is 0 Å². The molecule has 0 aliphatic heterocycles. The molecule has 24 heavy (non-hydrogen) atoms. The van der Waals surface area contributed by atoms with Gasteiger partial charge in [-0.05, 0) is 45.0 Å². The lowest BCUT2D eigenvalue weighted by Crippen LogP contribution is -2.23. The molecule has 0 bridgehead atoms. The zero-order valence-electron chi connectivity index (χ0n) is 14.1. The maximum atomic E-state index is 13.1. The lowest BCUT2D eigenvalue weighted by Gasteiger charge is -2.17. The van der Waals surface area contributed by atoms with Gasteiger partial charge in [0.2, 0.25) is 11.8 Å². The number of hydrogen-bond donors (Lipinski definition) is 1. The van der Waals surface area contributed by atoms with Gasteiger partial charge in [0.15, 0.2) is 0 Å². The zero-order chi connectivity index (χ0) is 17.3. The number of nitrogens with one attached hydrogen (secondary N) is 1. The van der Waals surface area contributed by atoms with E-state index in [1.165, 1.54) is 12.1 Å². The minimum atomic E-state index is -0.262. The van der Waals surface area contributed by atoms with Gasteiger partial charge in [-0.1, -0.05) is 0 Å². The first-order valence-electron chi connectivity index (χ1n) is 7.82. The molecule has 0 aliphatic rings. The highest BCUT2D eigenvalue weighted by atomic mass is 19.1. The van der Waals surface area contributed by atoms with Crippen molar-refractivity contribution in [2.75, 3.05) is 0 Å². The first kappa shape index (κ1) is 16.3. The van der Waals surface area contributed by atoms with Crippen molar-refractivity contribution in [1.82, 2.24) is 25.3 Å². The predicted octanol–water partition coefficient (Wildman–Crippen LogP) is 3.42. The summed E-state index contributed by atoms with van der Waals surface area (Å²) in [5, 5.41) is 15.7. The smallest absolute Gasteiger partial charge is 0.233 e. The van der Waals surface area contributed by atoms with E-state index in [9.17, 15) is 4.39 Å². The van der Waals surface area contributed by atoms with Crippen molar-refractivity contribution in [3.8, 4) is 5.69 Å². The van der Waals surface area contributed by atoms with Gasteiger partial charge in [-0.2, -0.15) is 5.10 Å². The summed E-state index contributed by atoms with van der Waals surface area (Å²) in [6.45, 7) is 7.79. The standard InChI is InChI=1S/C17H20FN5O/c1-10(20-11(2)17-22-21-13(4)24-17)16-9-19-23(12(16)3)15-7-5-14(18)6-8-15/h5-11,20H,1-4H3/t10-,11-/m0/s1. The van der Waals surface area contributed by atoms with Crippen LogP contribution in [0.3, 0.4) is 0 Å². The van der Waals surface area contributed by atoms with Gasteiger partial charge in [0.05, 0.1) is 17.9 Å². The molecule has 2 aromatic heterocycles. The molecule has 6 nitrogen and oxygen atoms in total. The SMILES string of the molecule is Cc1nnc([C@H](C)N[C@@H](C)c2cnn(-c3ccc(F)cc3)c2C)o1. The summed E-state index contributed by atoms with van der Waals surface area (Å²) in [5.74, 6) is 0.844. The average Bonchev–Trinajstić information content (AvgIpc) is 3.14.